The zero-order valence-electron chi connectivity index (χ0n) is 13.0. The van der Waals surface area contributed by atoms with E-state index in [1.54, 1.807) is 22.9 Å². The number of fused-ring (bicyclic) bond motifs is 1. The van der Waals surface area contributed by atoms with Gasteiger partial charge in [-0.1, -0.05) is 12.1 Å². The molecule has 0 fully saturated rings. The van der Waals surface area contributed by atoms with Crippen LogP contribution in [0.4, 0.5) is 5.82 Å². The highest BCUT2D eigenvalue weighted by Crippen LogP contribution is 2.29. The number of nitrogens with zero attached hydrogens (tertiary/aromatic N) is 4. The molecule has 0 radical (unpaired) electrons. The average Bonchev–Trinajstić information content (AvgIpc) is 3.03. The number of nitrogen functional groups attached to an aromatic ring is 1. The predicted molar refractivity (Wildman–Crippen MR) is 96.7 cm³/mol. The van der Waals surface area contributed by atoms with Crippen LogP contribution in [0.3, 0.4) is 0 Å². The maximum Gasteiger partial charge on any atom is 0.278 e. The van der Waals surface area contributed by atoms with Crippen LogP contribution >= 0.6 is 11.6 Å². The first-order chi connectivity index (χ1) is 12.2. The number of imidazole rings is 1. The second-order valence-corrected chi connectivity index (χ2v) is 5.68. The van der Waals surface area contributed by atoms with Crippen LogP contribution in [0.2, 0.25) is 0 Å². The average molecular weight is 353 g/mol. The van der Waals surface area contributed by atoms with E-state index in [0.717, 1.165) is 11.3 Å². The van der Waals surface area contributed by atoms with E-state index < -0.39 is 0 Å². The second-order valence-electron chi connectivity index (χ2n) is 5.41. The van der Waals surface area contributed by atoms with Crippen LogP contribution in [0, 0.1) is 0 Å². The van der Waals surface area contributed by atoms with Gasteiger partial charge in [-0.3, -0.25) is 9.36 Å². The predicted octanol–water partition coefficient (Wildman–Crippen LogP) is 2.49. The topological polar surface area (TPSA) is 102 Å². The third kappa shape index (κ3) is 2.54. The van der Waals surface area contributed by atoms with Gasteiger partial charge in [0.15, 0.2) is 17.0 Å². The number of rotatable bonds is 3. The lowest BCUT2D eigenvalue weighted by atomic mass is 10.2. The van der Waals surface area contributed by atoms with Gasteiger partial charge in [-0.2, -0.15) is 0 Å². The lowest BCUT2D eigenvalue weighted by Crippen LogP contribution is -2.07. The highest BCUT2D eigenvalue weighted by atomic mass is 35.5. The zero-order chi connectivity index (χ0) is 17.4. The number of nitrogens with one attached hydrogen (secondary N) is 1. The molecule has 0 bridgehead atoms. The van der Waals surface area contributed by atoms with E-state index in [1.165, 1.54) is 6.33 Å². The number of alkyl halides is 1. The molecular weight excluding hydrogens is 340 g/mol. The molecule has 0 amide bonds. The lowest BCUT2D eigenvalue weighted by molar-refractivity contribution is 1.06. The van der Waals surface area contributed by atoms with E-state index in [0.29, 0.717) is 28.7 Å². The van der Waals surface area contributed by atoms with Crippen LogP contribution in [-0.4, -0.2) is 24.5 Å². The van der Waals surface area contributed by atoms with Crippen LogP contribution < -0.4 is 11.3 Å². The molecule has 4 aromatic rings. The molecule has 0 saturated heterocycles. The van der Waals surface area contributed by atoms with Gasteiger partial charge >= 0.3 is 0 Å². The van der Waals surface area contributed by atoms with Crippen molar-refractivity contribution in [2.45, 2.75) is 5.88 Å². The number of hydrogen-bond acceptors (Lipinski definition) is 5. The molecule has 0 aliphatic heterocycles. The fourth-order valence-corrected chi connectivity index (χ4v) is 2.85. The third-order valence-corrected chi connectivity index (χ3v) is 4.19. The number of nitrogens with two attached hydrogens (primary N) is 1. The van der Waals surface area contributed by atoms with Crippen molar-refractivity contribution in [3.8, 4) is 17.1 Å². The first kappa shape index (κ1) is 15.3. The Hall–Kier alpha value is -3.19. The maximum absolute atomic E-state index is 12.2. The minimum Gasteiger partial charge on any atom is -0.383 e. The Morgan fingerprint density at radius 3 is 2.68 bits per heavy atom. The van der Waals surface area contributed by atoms with E-state index in [1.807, 2.05) is 24.3 Å². The summed E-state index contributed by atoms with van der Waals surface area (Å²) in [6.07, 6.45) is 2.96. The Labute approximate surface area is 147 Å². The summed E-state index contributed by atoms with van der Waals surface area (Å²) in [5.74, 6) is 1.25. The number of aromatic nitrogens is 5. The lowest BCUT2D eigenvalue weighted by Gasteiger charge is -2.10. The van der Waals surface area contributed by atoms with Crippen molar-refractivity contribution in [3.63, 3.8) is 0 Å². The fourth-order valence-electron chi connectivity index (χ4n) is 2.67. The van der Waals surface area contributed by atoms with E-state index in [-0.39, 0.29) is 11.1 Å². The van der Waals surface area contributed by atoms with Gasteiger partial charge in [0.2, 0.25) is 0 Å². The van der Waals surface area contributed by atoms with E-state index in [4.69, 9.17) is 17.3 Å². The van der Waals surface area contributed by atoms with Gasteiger partial charge in [-0.05, 0) is 29.8 Å². The van der Waals surface area contributed by atoms with Crippen molar-refractivity contribution in [3.05, 3.63) is 64.8 Å². The van der Waals surface area contributed by atoms with Crippen molar-refractivity contribution in [2.75, 3.05) is 5.73 Å². The molecule has 3 N–H and O–H groups in total. The molecule has 0 atom stereocenters. The third-order valence-electron chi connectivity index (χ3n) is 3.88. The molecule has 3 aromatic heterocycles. The molecule has 1 aromatic carbocycles. The summed E-state index contributed by atoms with van der Waals surface area (Å²) in [6.45, 7) is 0. The van der Waals surface area contributed by atoms with E-state index >= 15 is 0 Å². The van der Waals surface area contributed by atoms with Crippen LogP contribution in [0.25, 0.3) is 28.2 Å². The normalized spacial score (nSPS) is 11.1. The van der Waals surface area contributed by atoms with Gasteiger partial charge in [-0.25, -0.2) is 15.0 Å². The Kier molecular flexibility index (Phi) is 3.70. The maximum atomic E-state index is 12.2. The van der Waals surface area contributed by atoms with Crippen LogP contribution in [0.1, 0.15) is 5.56 Å². The van der Waals surface area contributed by atoms with Gasteiger partial charge in [0.25, 0.3) is 5.56 Å². The van der Waals surface area contributed by atoms with Crippen LogP contribution in [0.15, 0.2) is 53.7 Å². The summed E-state index contributed by atoms with van der Waals surface area (Å²) in [5, 5.41) is 0. The number of pyridine rings is 1. The van der Waals surface area contributed by atoms with Gasteiger partial charge < -0.3 is 10.7 Å². The van der Waals surface area contributed by atoms with Crippen molar-refractivity contribution in [1.29, 1.82) is 0 Å². The molecule has 8 heteroatoms. The van der Waals surface area contributed by atoms with E-state index in [9.17, 15) is 4.79 Å². The second kappa shape index (κ2) is 6.03. The highest BCUT2D eigenvalue weighted by Gasteiger charge is 2.19. The smallest absolute Gasteiger partial charge is 0.278 e. The molecular formula is C17H13ClN6O. The summed E-state index contributed by atoms with van der Waals surface area (Å²) < 4.78 is 1.79. The van der Waals surface area contributed by atoms with Crippen molar-refractivity contribution < 1.29 is 0 Å². The Bertz CT molecular complexity index is 1120. The number of halogens is 1. The van der Waals surface area contributed by atoms with Crippen LogP contribution in [0.5, 0.6) is 0 Å². The Balaban J connectivity index is 2.07. The summed E-state index contributed by atoms with van der Waals surface area (Å²) in [7, 11) is 0. The van der Waals surface area contributed by atoms with Crippen molar-refractivity contribution in [2.24, 2.45) is 0 Å². The summed E-state index contributed by atoms with van der Waals surface area (Å²) >= 11 is 5.87. The highest BCUT2D eigenvalue weighted by molar-refractivity contribution is 6.17. The SMILES string of the molecule is Nc1ncccc1-c1nc2c(=O)[nH]cnc2n1-c1ccc(CCl)cc1. The summed E-state index contributed by atoms with van der Waals surface area (Å²) in [5.41, 5.74) is 8.80. The molecule has 124 valence electrons. The molecule has 0 saturated carbocycles. The van der Waals surface area contributed by atoms with Gasteiger partial charge in [0.05, 0.1) is 11.9 Å². The quantitative estimate of drug-likeness (QED) is 0.551. The number of anilines is 1. The van der Waals surface area contributed by atoms with Gasteiger partial charge in [0.1, 0.15) is 5.82 Å². The van der Waals surface area contributed by atoms with Crippen molar-refractivity contribution in [1.82, 2.24) is 24.5 Å². The number of aromatic amines is 1. The number of hydrogen-bond donors (Lipinski definition) is 2. The molecule has 3 heterocycles. The monoisotopic (exact) mass is 352 g/mol. The minimum atomic E-state index is -0.315. The number of benzene rings is 1. The molecule has 7 nitrogen and oxygen atoms in total. The van der Waals surface area contributed by atoms with Gasteiger partial charge in [-0.15, -0.1) is 11.6 Å². The first-order valence-electron chi connectivity index (χ1n) is 7.51. The first-order valence-corrected chi connectivity index (χ1v) is 8.05. The number of H-pyrrole nitrogens is 1. The summed E-state index contributed by atoms with van der Waals surface area (Å²) in [4.78, 5) is 27.6. The molecule has 0 aliphatic rings. The largest absolute Gasteiger partial charge is 0.383 e. The van der Waals surface area contributed by atoms with Crippen molar-refractivity contribution >= 4 is 28.6 Å². The Morgan fingerprint density at radius 2 is 1.96 bits per heavy atom. The minimum absolute atomic E-state index is 0.238. The Morgan fingerprint density at radius 1 is 1.16 bits per heavy atom. The van der Waals surface area contributed by atoms with Crippen LogP contribution in [-0.2, 0) is 5.88 Å². The molecule has 0 aliphatic carbocycles. The molecule has 0 unspecified atom stereocenters. The fraction of sp³-hybridized carbons (Fsp3) is 0.0588. The standard InChI is InChI=1S/C17H13ClN6O/c18-8-10-3-5-11(6-4-10)24-15(12-2-1-7-20-14(12)19)23-13-16(24)21-9-22-17(13)25/h1-7,9H,8H2,(H2,19,20)(H,21,22,25). The zero-order valence-corrected chi connectivity index (χ0v) is 13.7. The molecule has 25 heavy (non-hydrogen) atoms. The van der Waals surface area contributed by atoms with Gasteiger partial charge in [0, 0.05) is 17.8 Å². The molecule has 0 spiro atoms. The van der Waals surface area contributed by atoms with E-state index in [2.05, 4.69) is 19.9 Å². The molecule has 4 rings (SSSR count). The summed E-state index contributed by atoms with van der Waals surface area (Å²) in [6, 6.07) is 11.2.